The lowest BCUT2D eigenvalue weighted by Gasteiger charge is -2.27. The average molecular weight is 1250 g/mol. The van der Waals surface area contributed by atoms with E-state index >= 15 is 0 Å². The molecule has 1 aliphatic rings. The Kier molecular flexibility index (Phi) is 35.8. The van der Waals surface area contributed by atoms with Crippen molar-refractivity contribution in [3.05, 3.63) is 103 Å². The fourth-order valence-electron chi connectivity index (χ4n) is 4.99. The third kappa shape index (κ3) is 37.5. The first-order chi connectivity index (χ1) is 34.4. The minimum atomic E-state index is -5.34. The monoisotopic (exact) mass is 1250 g/mol. The molecule has 1 fully saturated rings. The van der Waals surface area contributed by atoms with Crippen LogP contribution in [0.4, 0.5) is 13.2 Å². The highest BCUT2D eigenvalue weighted by atomic mass is 32.3. The van der Waals surface area contributed by atoms with Gasteiger partial charge in [-0.2, -0.15) is 57.4 Å². The molecule has 0 unspecified atom stereocenters. The summed E-state index contributed by atoms with van der Waals surface area (Å²) in [5, 5.41) is 2.12. The molecule has 31 heteroatoms. The fraction of sp³-hybridized carbons (Fsp3) is 0.511. The van der Waals surface area contributed by atoms with Gasteiger partial charge in [0.2, 0.25) is 0 Å². The summed E-state index contributed by atoms with van der Waals surface area (Å²) in [4.78, 5) is 1.15. The molecule has 1 saturated carbocycles. The summed E-state index contributed by atoms with van der Waals surface area (Å²) in [6.45, 7) is 5.40. The summed E-state index contributed by atoms with van der Waals surface area (Å²) in [6.07, 6.45) is 13.2. The van der Waals surface area contributed by atoms with Crippen LogP contribution in [0, 0.1) is 6.92 Å². The van der Waals surface area contributed by atoms with Gasteiger partial charge in [0.05, 0.1) is 60.4 Å². The number of aryl methyl sites for hydroxylation is 1. The van der Waals surface area contributed by atoms with Crippen LogP contribution in [0.15, 0.2) is 112 Å². The molecule has 0 aromatic heterocycles. The van der Waals surface area contributed by atoms with E-state index in [-0.39, 0.29) is 15.9 Å². The largest absolute Gasteiger partial charge is 0.523 e. The van der Waals surface area contributed by atoms with Gasteiger partial charge < -0.3 is 0 Å². The molecule has 0 saturated heterocycles. The maximum Gasteiger partial charge on any atom is 0.523 e. The minimum Gasteiger partial charge on any atom is -0.295 e. The minimum absolute atomic E-state index is 0.0266. The van der Waals surface area contributed by atoms with Crippen LogP contribution in [0.5, 0.6) is 0 Å². The van der Waals surface area contributed by atoms with Crippen LogP contribution in [0.3, 0.4) is 0 Å². The molecule has 0 bridgehead atoms. The van der Waals surface area contributed by atoms with Crippen molar-refractivity contribution in [1.82, 2.24) is 0 Å². The fourth-order valence-corrected chi connectivity index (χ4v) is 9.41. The number of hydrogen-bond donors (Lipinski definition) is 2. The Morgan fingerprint density at radius 3 is 1.28 bits per heavy atom. The Hall–Kier alpha value is -3.31. The summed E-state index contributed by atoms with van der Waals surface area (Å²) in [5.41, 5.74) is -4.29. The molecule has 0 radical (unpaired) electrons. The van der Waals surface area contributed by atoms with Crippen LogP contribution in [0.25, 0.3) is 10.8 Å². The van der Waals surface area contributed by atoms with Crippen molar-refractivity contribution in [3.8, 4) is 0 Å². The van der Waals surface area contributed by atoms with Crippen molar-refractivity contribution in [3.63, 3.8) is 0 Å². The average Bonchev–Trinajstić information content (AvgIpc) is 3.33. The number of unbranched alkanes of at least 4 members (excludes halogenated alkanes) is 1. The predicted molar refractivity (Wildman–Crippen MR) is 293 cm³/mol. The highest BCUT2D eigenvalue weighted by Gasteiger charge is 2.46. The van der Waals surface area contributed by atoms with Crippen LogP contribution < -0.4 is 0 Å². The molecule has 1 aliphatic carbocycles. The van der Waals surface area contributed by atoms with Crippen LogP contribution in [-0.2, 0) is 86.7 Å². The summed E-state index contributed by atoms with van der Waals surface area (Å²) < 4.78 is 214. The highest BCUT2D eigenvalue weighted by molar-refractivity contribution is 8.23. The van der Waals surface area contributed by atoms with Gasteiger partial charge in [-0.05, 0) is 80.3 Å². The molecule has 442 valence electrons. The Morgan fingerprint density at radius 1 is 0.553 bits per heavy atom. The number of alkyl halides is 3. The summed E-state index contributed by atoms with van der Waals surface area (Å²) in [6, 6.07) is 28.2. The van der Waals surface area contributed by atoms with E-state index in [4.69, 9.17) is 0 Å². The van der Waals surface area contributed by atoms with Gasteiger partial charge in [0.15, 0.2) is 9.84 Å². The van der Waals surface area contributed by atoms with Crippen molar-refractivity contribution in [2.45, 2.75) is 91.2 Å². The number of halogens is 3. The van der Waals surface area contributed by atoms with E-state index in [2.05, 4.69) is 16.7 Å². The number of hydrogen-bond acceptors (Lipinski definition) is 20. The quantitative estimate of drug-likeness (QED) is 0.0995. The van der Waals surface area contributed by atoms with Gasteiger partial charge in [0, 0.05) is 30.8 Å². The van der Waals surface area contributed by atoms with Gasteiger partial charge in [0.25, 0.3) is 30.4 Å². The Balaban J connectivity index is -0.000000813. The number of sulfone groups is 3. The third-order valence-electron chi connectivity index (χ3n) is 9.31. The van der Waals surface area contributed by atoms with E-state index in [9.17, 15) is 81.2 Å². The van der Waals surface area contributed by atoms with E-state index in [1.165, 1.54) is 50.5 Å². The molecular formula is C45H73F3O20S8. The molecule has 0 aliphatic heterocycles. The van der Waals surface area contributed by atoms with Gasteiger partial charge in [0.1, 0.15) is 19.7 Å². The van der Waals surface area contributed by atoms with Crippen molar-refractivity contribution >= 4 is 91.3 Å². The molecule has 2 N–H and O–H groups in total. The zero-order valence-electron chi connectivity index (χ0n) is 44.3. The van der Waals surface area contributed by atoms with Crippen molar-refractivity contribution in [2.75, 3.05) is 71.2 Å². The molecule has 0 amide bonds. The second-order valence-electron chi connectivity index (χ2n) is 15.9. The maximum absolute atomic E-state index is 11.1. The second kappa shape index (κ2) is 35.3. The lowest BCUT2D eigenvalue weighted by atomic mass is 10.0. The highest BCUT2D eigenvalue weighted by Crippen LogP contribution is 2.44. The second-order valence-corrected chi connectivity index (χ2v) is 31.8. The zero-order chi connectivity index (χ0) is 60.0. The molecule has 20 nitrogen and oxygen atoms in total. The summed E-state index contributed by atoms with van der Waals surface area (Å²) in [7, 11) is -22.3. The number of benzene rings is 4. The van der Waals surface area contributed by atoms with Crippen molar-refractivity contribution < 1.29 is 97.9 Å². The zero-order valence-corrected chi connectivity index (χ0v) is 50.9. The molecule has 76 heavy (non-hydrogen) atoms. The smallest absolute Gasteiger partial charge is 0.295 e. The Labute approximate surface area is 451 Å². The van der Waals surface area contributed by atoms with Gasteiger partial charge in [-0.3, -0.25) is 25.8 Å². The first kappa shape index (κ1) is 76.9. The Morgan fingerprint density at radius 2 is 1.00 bits per heavy atom. The third-order valence-corrected chi connectivity index (χ3v) is 18.4. The van der Waals surface area contributed by atoms with E-state index in [1.807, 2.05) is 50.2 Å². The van der Waals surface area contributed by atoms with E-state index in [1.54, 1.807) is 48.5 Å². The molecule has 4 aromatic carbocycles. The molecule has 0 spiro atoms. The topological polar surface area (TPSA) is 316 Å². The van der Waals surface area contributed by atoms with Gasteiger partial charge in [-0.15, -0.1) is 0 Å². The molecule has 5 rings (SSSR count). The molecule has 0 heterocycles. The van der Waals surface area contributed by atoms with Crippen molar-refractivity contribution in [1.29, 1.82) is 0 Å². The lowest BCUT2D eigenvalue weighted by molar-refractivity contribution is -0.0526. The molecule has 0 atom stereocenters. The summed E-state index contributed by atoms with van der Waals surface area (Å²) in [5.74, 6) is 0.382. The van der Waals surface area contributed by atoms with E-state index in [0.29, 0.717) is 22.7 Å². The number of rotatable bonds is 12. The number of fused-ring (bicyclic) bond motifs is 1. The van der Waals surface area contributed by atoms with Crippen LogP contribution in [0.1, 0.15) is 64.4 Å². The SMILES string of the molecule is CCCCS(C)(=O)=O.CCS(=O)(=O)OC.COS(=O)(=O)C(F)(F)F.COS(=O)(=O)c1ccc(C)cc1.COS(C)(=O)=O.CS(=O)(=O)C1CCCCC1.CS(=O)(=O)c1ccccc1.CS(O)(O)c1ccc2ccccc2c1. The van der Waals surface area contributed by atoms with E-state index in [0.717, 1.165) is 82.4 Å². The lowest BCUT2D eigenvalue weighted by Crippen LogP contribution is -2.23. The first-order valence-corrected chi connectivity index (χ1v) is 36.1. The van der Waals surface area contributed by atoms with Crippen LogP contribution in [0.2, 0.25) is 0 Å². The maximum atomic E-state index is 11.1. The van der Waals surface area contributed by atoms with Crippen LogP contribution in [-0.4, -0.2) is 150 Å². The summed E-state index contributed by atoms with van der Waals surface area (Å²) >= 11 is 0. The predicted octanol–water partition coefficient (Wildman–Crippen LogP) is 8.25. The van der Waals surface area contributed by atoms with E-state index < -0.39 is 86.1 Å². The first-order valence-electron chi connectivity index (χ1n) is 22.0. The molecule has 4 aromatic rings. The normalized spacial score (nSPS) is 13.6. The Bertz CT molecular complexity index is 3080. The molecular weight excluding hydrogens is 1170 g/mol. The van der Waals surface area contributed by atoms with Gasteiger partial charge in [-0.1, -0.05) is 98.8 Å². The standard InChI is InChI=1S/C11H12O2S.C8H10O3S.C7H14O2S.C7H8O2S.C5H12O2S.C3H8O3S.C2H3F3O3S.C2H6O3S/c1-14(12,13)11-7-6-9-4-2-3-5-10(9)8-11;1-7-3-5-8(6-4-7)12(9,10)11-2;2*1-10(8,9)7-5-3-2-4-6-7;1-3-4-5-8(2,6)7;1-3-7(4,5)6-2;1-8-9(6,7)2(3,4)5;1-5-6(2,3)4/h2-8,12-13H,1H3;3-6H,1-2H3;7H,2-6H2,1H3;2-6H,1H3;3-5H2,1-2H3;3H2,1-2H3;1H3;1-2H3. The van der Waals surface area contributed by atoms with Gasteiger partial charge in [-0.25, -0.2) is 25.3 Å². The van der Waals surface area contributed by atoms with Gasteiger partial charge >= 0.3 is 15.6 Å². The van der Waals surface area contributed by atoms with Crippen LogP contribution >= 0.6 is 10.6 Å². The van der Waals surface area contributed by atoms with Crippen molar-refractivity contribution in [2.24, 2.45) is 0 Å².